The summed E-state index contributed by atoms with van der Waals surface area (Å²) < 4.78 is 12.4. The van der Waals surface area contributed by atoms with E-state index in [1.54, 1.807) is 41.0 Å². The van der Waals surface area contributed by atoms with Crippen molar-refractivity contribution >= 4 is 5.91 Å². The van der Waals surface area contributed by atoms with Gasteiger partial charge in [-0.3, -0.25) is 9.59 Å². The maximum Gasteiger partial charge on any atom is 0.267 e. The Balaban J connectivity index is 1.57. The predicted octanol–water partition coefficient (Wildman–Crippen LogP) is 2.79. The monoisotopic (exact) mass is 399 g/mol. The molecular weight excluding hydrogens is 370 g/mol. The Labute approximate surface area is 171 Å². The largest absolute Gasteiger partial charge is 0.497 e. The van der Waals surface area contributed by atoms with Crippen LogP contribution in [0.25, 0.3) is 0 Å². The smallest absolute Gasteiger partial charge is 0.267 e. The number of piperidine rings is 1. The van der Waals surface area contributed by atoms with Crippen molar-refractivity contribution in [3.8, 4) is 11.5 Å². The van der Waals surface area contributed by atoms with Gasteiger partial charge in [-0.05, 0) is 31.0 Å². The molecule has 7 heteroatoms. The highest BCUT2D eigenvalue weighted by Crippen LogP contribution is 2.24. The summed E-state index contributed by atoms with van der Waals surface area (Å²) in [4.78, 5) is 26.6. The molecular formula is C22H29N3O4. The fourth-order valence-electron chi connectivity index (χ4n) is 3.37. The van der Waals surface area contributed by atoms with Gasteiger partial charge in [0, 0.05) is 30.6 Å². The lowest BCUT2D eigenvalue weighted by atomic mass is 9.92. The van der Waals surface area contributed by atoms with Crippen molar-refractivity contribution in [2.45, 2.75) is 45.1 Å². The third-order valence-electron chi connectivity index (χ3n) is 5.16. The van der Waals surface area contributed by atoms with Gasteiger partial charge < -0.3 is 14.4 Å². The van der Waals surface area contributed by atoms with E-state index in [1.807, 2.05) is 12.1 Å². The fourth-order valence-corrected chi connectivity index (χ4v) is 3.37. The van der Waals surface area contributed by atoms with Crippen molar-refractivity contribution in [3.05, 3.63) is 52.4 Å². The first-order valence-corrected chi connectivity index (χ1v) is 9.93. The molecule has 1 aromatic carbocycles. The van der Waals surface area contributed by atoms with E-state index in [4.69, 9.17) is 9.47 Å². The van der Waals surface area contributed by atoms with Gasteiger partial charge in [0.1, 0.15) is 11.5 Å². The number of nitrogens with zero attached hydrogens (tertiary/aromatic N) is 3. The van der Waals surface area contributed by atoms with E-state index in [0.29, 0.717) is 37.4 Å². The maximum absolute atomic E-state index is 12.5. The summed E-state index contributed by atoms with van der Waals surface area (Å²) in [5.74, 6) is 1.23. The van der Waals surface area contributed by atoms with E-state index < -0.39 is 0 Å². The maximum atomic E-state index is 12.5. The number of carbonyl (C=O) groups excluding carboxylic acids is 1. The third-order valence-corrected chi connectivity index (χ3v) is 5.16. The van der Waals surface area contributed by atoms with Gasteiger partial charge in [0.05, 0.1) is 18.8 Å². The second-order valence-corrected chi connectivity index (χ2v) is 8.33. The number of benzene rings is 1. The number of likely N-dealkylation sites (tertiary alicyclic amines) is 1. The Morgan fingerprint density at radius 3 is 2.48 bits per heavy atom. The molecule has 0 saturated carbocycles. The Morgan fingerprint density at radius 1 is 1.14 bits per heavy atom. The molecule has 0 aliphatic carbocycles. The second kappa shape index (κ2) is 8.68. The van der Waals surface area contributed by atoms with Gasteiger partial charge in [0.15, 0.2) is 6.61 Å². The van der Waals surface area contributed by atoms with Gasteiger partial charge in [-0.25, -0.2) is 4.68 Å². The Morgan fingerprint density at radius 2 is 1.83 bits per heavy atom. The summed E-state index contributed by atoms with van der Waals surface area (Å²) in [5, 5.41) is 4.59. The molecule has 1 aliphatic heterocycles. The Bertz CT molecular complexity index is 909. The molecule has 29 heavy (non-hydrogen) atoms. The molecule has 2 heterocycles. The van der Waals surface area contributed by atoms with Gasteiger partial charge in [-0.1, -0.05) is 26.8 Å². The van der Waals surface area contributed by atoms with Crippen LogP contribution in [-0.4, -0.2) is 47.4 Å². The van der Waals surface area contributed by atoms with Crippen LogP contribution < -0.4 is 15.0 Å². The van der Waals surface area contributed by atoms with Crippen LogP contribution in [-0.2, 0) is 10.2 Å². The molecule has 1 aromatic heterocycles. The van der Waals surface area contributed by atoms with Crippen molar-refractivity contribution in [2.75, 3.05) is 26.8 Å². The average Bonchev–Trinajstić information content (AvgIpc) is 2.72. The van der Waals surface area contributed by atoms with E-state index in [2.05, 4.69) is 25.9 Å². The molecule has 0 radical (unpaired) electrons. The molecule has 1 aliphatic rings. The van der Waals surface area contributed by atoms with Gasteiger partial charge >= 0.3 is 0 Å². The fraction of sp³-hybridized carbons (Fsp3) is 0.500. The molecule has 0 N–H and O–H groups in total. The van der Waals surface area contributed by atoms with Gasteiger partial charge in [0.2, 0.25) is 0 Å². The molecule has 0 spiro atoms. The summed E-state index contributed by atoms with van der Waals surface area (Å²) in [5.41, 5.74) is 0.676. The van der Waals surface area contributed by atoms with E-state index >= 15 is 0 Å². The number of methoxy groups -OCH3 is 1. The molecule has 1 amide bonds. The molecule has 3 rings (SSSR count). The zero-order valence-electron chi connectivity index (χ0n) is 17.6. The molecule has 0 unspecified atom stereocenters. The van der Waals surface area contributed by atoms with Gasteiger partial charge in [-0.2, -0.15) is 5.10 Å². The Hall–Kier alpha value is -2.83. The highest BCUT2D eigenvalue weighted by atomic mass is 16.5. The van der Waals surface area contributed by atoms with Gasteiger partial charge in [-0.15, -0.1) is 0 Å². The molecule has 1 saturated heterocycles. The molecule has 7 nitrogen and oxygen atoms in total. The zero-order valence-corrected chi connectivity index (χ0v) is 17.6. The van der Waals surface area contributed by atoms with Crippen molar-refractivity contribution in [2.24, 2.45) is 0 Å². The number of hydrogen-bond acceptors (Lipinski definition) is 5. The number of aromatic nitrogens is 2. The quantitative estimate of drug-likeness (QED) is 0.773. The van der Waals surface area contributed by atoms with E-state index in [0.717, 1.165) is 5.69 Å². The number of amides is 1. The summed E-state index contributed by atoms with van der Waals surface area (Å²) in [6.07, 6.45) is 1.40. The summed E-state index contributed by atoms with van der Waals surface area (Å²) in [6.45, 7) is 7.38. The first-order valence-electron chi connectivity index (χ1n) is 9.93. The topological polar surface area (TPSA) is 73.7 Å². The predicted molar refractivity (Wildman–Crippen MR) is 111 cm³/mol. The lowest BCUT2D eigenvalue weighted by molar-refractivity contribution is -0.134. The summed E-state index contributed by atoms with van der Waals surface area (Å²) in [7, 11) is 1.59. The molecule has 0 atom stereocenters. The first-order chi connectivity index (χ1) is 13.8. The molecule has 2 aromatic rings. The van der Waals surface area contributed by atoms with Crippen LogP contribution >= 0.6 is 0 Å². The first kappa shape index (κ1) is 20.9. The van der Waals surface area contributed by atoms with E-state index in [-0.39, 0.29) is 29.5 Å². The van der Waals surface area contributed by atoms with Crippen molar-refractivity contribution in [3.63, 3.8) is 0 Å². The lowest BCUT2D eigenvalue weighted by Crippen LogP contribution is -2.43. The standard InChI is InChI=1S/C22H29N3O4/c1-22(2,3)19-8-9-20(26)25(23-19)16-10-12-24(13-11-16)21(27)15-29-18-7-5-6-17(14-18)28-4/h5-9,14,16H,10-13,15H2,1-4H3. The normalized spacial score (nSPS) is 15.2. The van der Waals surface area contributed by atoms with Crippen LogP contribution in [0.4, 0.5) is 0 Å². The number of ether oxygens (including phenoxy) is 2. The van der Waals surface area contributed by atoms with Crippen molar-refractivity contribution in [1.29, 1.82) is 0 Å². The molecule has 0 bridgehead atoms. The lowest BCUT2D eigenvalue weighted by Gasteiger charge is -2.32. The number of hydrogen-bond donors (Lipinski definition) is 0. The Kier molecular flexibility index (Phi) is 6.25. The third kappa shape index (κ3) is 5.16. The number of rotatable bonds is 5. The van der Waals surface area contributed by atoms with Crippen LogP contribution in [0.1, 0.15) is 45.3 Å². The van der Waals surface area contributed by atoms with Crippen LogP contribution in [0.3, 0.4) is 0 Å². The minimum Gasteiger partial charge on any atom is -0.497 e. The minimum atomic E-state index is -0.121. The highest BCUT2D eigenvalue weighted by Gasteiger charge is 2.26. The highest BCUT2D eigenvalue weighted by molar-refractivity contribution is 5.77. The minimum absolute atomic E-state index is 0.00755. The van der Waals surface area contributed by atoms with Crippen LogP contribution in [0, 0.1) is 0 Å². The van der Waals surface area contributed by atoms with Crippen LogP contribution in [0.15, 0.2) is 41.2 Å². The van der Waals surface area contributed by atoms with Gasteiger partial charge in [0.25, 0.3) is 11.5 Å². The summed E-state index contributed by atoms with van der Waals surface area (Å²) in [6, 6.07) is 10.6. The zero-order chi connectivity index (χ0) is 21.0. The van der Waals surface area contributed by atoms with E-state index in [9.17, 15) is 9.59 Å². The summed E-state index contributed by atoms with van der Waals surface area (Å²) >= 11 is 0. The second-order valence-electron chi connectivity index (χ2n) is 8.33. The SMILES string of the molecule is COc1cccc(OCC(=O)N2CCC(n3nc(C(C)(C)C)ccc3=O)CC2)c1. The van der Waals surface area contributed by atoms with Crippen molar-refractivity contribution < 1.29 is 14.3 Å². The van der Waals surface area contributed by atoms with Crippen LogP contribution in [0.5, 0.6) is 11.5 Å². The molecule has 156 valence electrons. The van der Waals surface area contributed by atoms with Crippen molar-refractivity contribution in [1.82, 2.24) is 14.7 Å². The molecule has 1 fully saturated rings. The number of carbonyl (C=O) groups is 1. The average molecular weight is 399 g/mol. The van der Waals surface area contributed by atoms with Crippen LogP contribution in [0.2, 0.25) is 0 Å². The van der Waals surface area contributed by atoms with E-state index in [1.165, 1.54) is 0 Å².